The highest BCUT2D eigenvalue weighted by Crippen LogP contribution is 2.35. The number of benzene rings is 1. The zero-order chi connectivity index (χ0) is 14.1. The Morgan fingerprint density at radius 1 is 1.20 bits per heavy atom. The molecule has 1 aromatic heterocycles. The summed E-state index contributed by atoms with van der Waals surface area (Å²) in [5, 5.41) is 0. The first kappa shape index (κ1) is 13.1. The maximum atomic E-state index is 12.5. The monoisotopic (exact) mass is 300 g/mol. The predicted octanol–water partition coefficient (Wildman–Crippen LogP) is 3.43. The molecule has 0 spiro atoms. The van der Waals surface area contributed by atoms with Gasteiger partial charge in [0.25, 0.3) is 5.91 Å². The first-order chi connectivity index (χ1) is 9.65. The fourth-order valence-corrected chi connectivity index (χ4v) is 3.33. The Morgan fingerprint density at radius 3 is 2.60 bits per heavy atom. The summed E-state index contributed by atoms with van der Waals surface area (Å²) < 4.78 is 2.52. The van der Waals surface area contributed by atoms with E-state index in [-0.39, 0.29) is 5.91 Å². The molecule has 5 heteroatoms. The number of carbonyl (C=O) groups excluding carboxylic acids is 1. The standard InChI is InChI=1S/C15H12N2OS2/c1-16-8-7-11(10-16)9-13-14(18)17(15(19)20-13)12-5-3-2-4-6-12/h2-10H,1H3. The minimum absolute atomic E-state index is 0.0601. The molecular formula is C15H12N2OS2. The quantitative estimate of drug-likeness (QED) is 0.627. The summed E-state index contributed by atoms with van der Waals surface area (Å²) in [6, 6.07) is 11.5. The van der Waals surface area contributed by atoms with E-state index in [1.54, 1.807) is 4.90 Å². The van der Waals surface area contributed by atoms with Gasteiger partial charge in [-0.25, -0.2) is 0 Å². The second kappa shape index (κ2) is 5.26. The van der Waals surface area contributed by atoms with Crippen molar-refractivity contribution in [2.75, 3.05) is 4.90 Å². The summed E-state index contributed by atoms with van der Waals surface area (Å²) in [7, 11) is 1.95. The number of hydrogen-bond donors (Lipinski definition) is 0. The van der Waals surface area contributed by atoms with Gasteiger partial charge in [-0.15, -0.1) is 0 Å². The molecule has 0 N–H and O–H groups in total. The van der Waals surface area contributed by atoms with Crippen molar-refractivity contribution >= 4 is 46.0 Å². The summed E-state index contributed by atoms with van der Waals surface area (Å²) in [6.45, 7) is 0. The molecule has 3 nitrogen and oxygen atoms in total. The van der Waals surface area contributed by atoms with Crippen molar-refractivity contribution in [1.29, 1.82) is 0 Å². The first-order valence-corrected chi connectivity index (χ1v) is 7.32. The van der Waals surface area contributed by atoms with Crippen LogP contribution in [0.5, 0.6) is 0 Å². The number of amides is 1. The number of rotatable bonds is 2. The number of carbonyl (C=O) groups is 1. The van der Waals surface area contributed by atoms with Crippen LogP contribution in [-0.2, 0) is 11.8 Å². The largest absolute Gasteiger partial charge is 0.357 e. The topological polar surface area (TPSA) is 25.2 Å². The van der Waals surface area contributed by atoms with Crippen LogP contribution < -0.4 is 4.90 Å². The summed E-state index contributed by atoms with van der Waals surface area (Å²) in [4.78, 5) is 14.7. The van der Waals surface area contributed by atoms with E-state index in [2.05, 4.69) is 0 Å². The number of nitrogens with zero attached hydrogens (tertiary/aromatic N) is 2. The van der Waals surface area contributed by atoms with E-state index >= 15 is 0 Å². The van der Waals surface area contributed by atoms with Crippen molar-refractivity contribution in [1.82, 2.24) is 4.57 Å². The average Bonchev–Trinajstić information content (AvgIpc) is 2.96. The average molecular weight is 300 g/mol. The fourth-order valence-electron chi connectivity index (χ4n) is 2.03. The number of aryl methyl sites for hydroxylation is 1. The van der Waals surface area contributed by atoms with Crippen LogP contribution in [0.4, 0.5) is 5.69 Å². The van der Waals surface area contributed by atoms with Gasteiger partial charge in [0.2, 0.25) is 0 Å². The van der Waals surface area contributed by atoms with Crippen molar-refractivity contribution in [2.24, 2.45) is 7.05 Å². The highest BCUT2D eigenvalue weighted by atomic mass is 32.2. The molecule has 2 heterocycles. The molecule has 1 aromatic carbocycles. The summed E-state index contributed by atoms with van der Waals surface area (Å²) in [6.07, 6.45) is 5.79. The molecule has 1 amide bonds. The first-order valence-electron chi connectivity index (χ1n) is 6.10. The normalized spacial score (nSPS) is 17.2. The van der Waals surface area contributed by atoms with E-state index in [1.165, 1.54) is 11.8 Å². The number of anilines is 1. The lowest BCUT2D eigenvalue weighted by atomic mass is 10.2. The molecule has 3 rings (SSSR count). The van der Waals surface area contributed by atoms with Crippen LogP contribution in [0.25, 0.3) is 6.08 Å². The van der Waals surface area contributed by atoms with E-state index < -0.39 is 0 Å². The molecule has 2 aromatic rings. The third-order valence-electron chi connectivity index (χ3n) is 2.96. The molecule has 100 valence electrons. The van der Waals surface area contributed by atoms with E-state index in [9.17, 15) is 4.79 Å². The van der Waals surface area contributed by atoms with Crippen molar-refractivity contribution in [3.05, 3.63) is 59.3 Å². The zero-order valence-electron chi connectivity index (χ0n) is 10.8. The van der Waals surface area contributed by atoms with Gasteiger partial charge in [0.1, 0.15) is 0 Å². The molecule has 0 aliphatic carbocycles. The Bertz CT molecular complexity index is 704. The van der Waals surface area contributed by atoms with E-state index in [4.69, 9.17) is 12.2 Å². The maximum absolute atomic E-state index is 12.5. The number of hydrogen-bond acceptors (Lipinski definition) is 3. The molecule has 0 saturated carbocycles. The number of aromatic nitrogens is 1. The van der Waals surface area contributed by atoms with Crippen LogP contribution >= 0.6 is 24.0 Å². The van der Waals surface area contributed by atoms with E-state index in [1.807, 2.05) is 66.5 Å². The Morgan fingerprint density at radius 2 is 1.95 bits per heavy atom. The molecular weight excluding hydrogens is 288 g/mol. The van der Waals surface area contributed by atoms with Crippen LogP contribution in [0.3, 0.4) is 0 Å². The van der Waals surface area contributed by atoms with Crippen molar-refractivity contribution in [3.8, 4) is 0 Å². The van der Waals surface area contributed by atoms with Crippen LogP contribution in [0, 0.1) is 0 Å². The Labute approximate surface area is 126 Å². The van der Waals surface area contributed by atoms with Gasteiger partial charge in [0, 0.05) is 19.4 Å². The van der Waals surface area contributed by atoms with Crippen molar-refractivity contribution < 1.29 is 4.79 Å². The van der Waals surface area contributed by atoms with Crippen LogP contribution in [0.15, 0.2) is 53.7 Å². The van der Waals surface area contributed by atoms with Gasteiger partial charge in [-0.3, -0.25) is 9.69 Å². The van der Waals surface area contributed by atoms with Gasteiger partial charge < -0.3 is 4.57 Å². The minimum atomic E-state index is -0.0601. The van der Waals surface area contributed by atoms with Gasteiger partial charge in [-0.1, -0.05) is 42.2 Å². The lowest BCUT2D eigenvalue weighted by Gasteiger charge is -2.13. The third-order valence-corrected chi connectivity index (χ3v) is 4.26. The predicted molar refractivity (Wildman–Crippen MR) is 87.5 cm³/mol. The second-order valence-corrected chi connectivity index (χ2v) is 6.14. The molecule has 1 saturated heterocycles. The lowest BCUT2D eigenvalue weighted by Crippen LogP contribution is -2.27. The minimum Gasteiger partial charge on any atom is -0.357 e. The fraction of sp³-hybridized carbons (Fsp3) is 0.0667. The summed E-state index contributed by atoms with van der Waals surface area (Å²) in [5.41, 5.74) is 1.81. The molecule has 20 heavy (non-hydrogen) atoms. The van der Waals surface area contributed by atoms with Crippen molar-refractivity contribution in [2.45, 2.75) is 0 Å². The molecule has 1 aliphatic rings. The molecule has 0 bridgehead atoms. The van der Waals surface area contributed by atoms with Gasteiger partial charge in [0.15, 0.2) is 4.32 Å². The second-order valence-electron chi connectivity index (χ2n) is 4.46. The number of para-hydroxylation sites is 1. The maximum Gasteiger partial charge on any atom is 0.270 e. The summed E-state index contributed by atoms with van der Waals surface area (Å²) >= 11 is 6.66. The third kappa shape index (κ3) is 2.42. The molecule has 0 unspecified atom stereocenters. The summed E-state index contributed by atoms with van der Waals surface area (Å²) in [5.74, 6) is -0.0601. The van der Waals surface area contributed by atoms with E-state index in [0.717, 1.165) is 11.3 Å². The number of thiocarbonyl (C=S) groups is 1. The Kier molecular flexibility index (Phi) is 3.46. The smallest absolute Gasteiger partial charge is 0.270 e. The lowest BCUT2D eigenvalue weighted by molar-refractivity contribution is -0.113. The Hall–Kier alpha value is -1.85. The van der Waals surface area contributed by atoms with Crippen LogP contribution in [0.2, 0.25) is 0 Å². The van der Waals surface area contributed by atoms with Gasteiger partial charge in [-0.05, 0) is 29.8 Å². The van der Waals surface area contributed by atoms with Gasteiger partial charge >= 0.3 is 0 Å². The highest BCUT2D eigenvalue weighted by Gasteiger charge is 2.33. The Balaban J connectivity index is 1.93. The van der Waals surface area contributed by atoms with Gasteiger partial charge in [0.05, 0.1) is 10.6 Å². The zero-order valence-corrected chi connectivity index (χ0v) is 12.4. The van der Waals surface area contributed by atoms with Gasteiger partial charge in [-0.2, -0.15) is 0 Å². The highest BCUT2D eigenvalue weighted by molar-refractivity contribution is 8.27. The molecule has 1 aliphatic heterocycles. The van der Waals surface area contributed by atoms with E-state index in [0.29, 0.717) is 9.23 Å². The van der Waals surface area contributed by atoms with Crippen molar-refractivity contribution in [3.63, 3.8) is 0 Å². The SMILES string of the molecule is Cn1ccc(C=C2SC(=S)N(c3ccccc3)C2=O)c1. The van der Waals surface area contributed by atoms with Crippen LogP contribution in [0.1, 0.15) is 5.56 Å². The molecule has 0 atom stereocenters. The van der Waals surface area contributed by atoms with Crippen LogP contribution in [-0.4, -0.2) is 14.8 Å². The molecule has 1 fully saturated rings. The number of thioether (sulfide) groups is 1. The molecule has 0 radical (unpaired) electrons.